The van der Waals surface area contributed by atoms with Gasteiger partial charge in [-0.3, -0.25) is 9.59 Å². The van der Waals surface area contributed by atoms with Crippen LogP contribution < -0.4 is 5.32 Å². The molecule has 2 rings (SSSR count). The van der Waals surface area contributed by atoms with Gasteiger partial charge < -0.3 is 14.7 Å². The summed E-state index contributed by atoms with van der Waals surface area (Å²) in [6, 6.07) is 11.7. The van der Waals surface area contributed by atoms with E-state index in [0.717, 1.165) is 18.4 Å². The summed E-state index contributed by atoms with van der Waals surface area (Å²) in [7, 11) is 0. The molecule has 6 heteroatoms. The maximum Gasteiger partial charge on any atom is 0.273 e. The summed E-state index contributed by atoms with van der Waals surface area (Å²) in [5, 5.41) is 6.52. The SMILES string of the molecule is CCNC(=O)c1cc(CN(C(=O)CCc2ccccc2)C(CC)CC)on1. The van der Waals surface area contributed by atoms with Crippen LogP contribution in [0.25, 0.3) is 0 Å². The highest BCUT2D eigenvalue weighted by Gasteiger charge is 2.23. The lowest BCUT2D eigenvalue weighted by atomic mass is 10.1. The molecule has 0 atom stereocenters. The lowest BCUT2D eigenvalue weighted by Crippen LogP contribution is -2.39. The quantitative estimate of drug-likeness (QED) is 0.693. The average molecular weight is 371 g/mol. The molecule has 1 aromatic carbocycles. The zero-order valence-corrected chi connectivity index (χ0v) is 16.4. The first kappa shape index (κ1) is 20.7. The highest BCUT2D eigenvalue weighted by Crippen LogP contribution is 2.17. The fraction of sp³-hybridized carbons (Fsp3) is 0.476. The van der Waals surface area contributed by atoms with Crippen molar-refractivity contribution in [1.29, 1.82) is 0 Å². The monoisotopic (exact) mass is 371 g/mol. The number of nitrogens with zero attached hydrogens (tertiary/aromatic N) is 2. The Bertz CT molecular complexity index is 723. The van der Waals surface area contributed by atoms with Crippen LogP contribution in [0.3, 0.4) is 0 Å². The fourth-order valence-corrected chi connectivity index (χ4v) is 3.10. The molecule has 0 aliphatic heterocycles. The summed E-state index contributed by atoms with van der Waals surface area (Å²) in [4.78, 5) is 26.6. The normalized spacial score (nSPS) is 10.8. The largest absolute Gasteiger partial charge is 0.359 e. The van der Waals surface area contributed by atoms with Crippen molar-refractivity contribution in [1.82, 2.24) is 15.4 Å². The summed E-state index contributed by atoms with van der Waals surface area (Å²) < 4.78 is 5.31. The molecular weight excluding hydrogens is 342 g/mol. The van der Waals surface area contributed by atoms with Crippen LogP contribution in [0.4, 0.5) is 0 Å². The Kier molecular flexibility index (Phi) is 8.04. The number of hydrogen-bond donors (Lipinski definition) is 1. The average Bonchev–Trinajstić information content (AvgIpc) is 3.16. The van der Waals surface area contributed by atoms with Gasteiger partial charge in [0.1, 0.15) is 0 Å². The van der Waals surface area contributed by atoms with E-state index < -0.39 is 0 Å². The van der Waals surface area contributed by atoms with Crippen molar-refractivity contribution in [3.05, 3.63) is 53.4 Å². The van der Waals surface area contributed by atoms with Gasteiger partial charge in [-0.05, 0) is 31.7 Å². The third-order valence-corrected chi connectivity index (χ3v) is 4.63. The predicted molar refractivity (Wildman–Crippen MR) is 104 cm³/mol. The first-order chi connectivity index (χ1) is 13.1. The topological polar surface area (TPSA) is 75.4 Å². The molecule has 0 saturated carbocycles. The Morgan fingerprint density at radius 1 is 1.15 bits per heavy atom. The minimum atomic E-state index is -0.267. The molecule has 1 N–H and O–H groups in total. The van der Waals surface area contributed by atoms with Crippen molar-refractivity contribution >= 4 is 11.8 Å². The van der Waals surface area contributed by atoms with Gasteiger partial charge in [0, 0.05) is 25.1 Å². The molecule has 0 aliphatic carbocycles. The van der Waals surface area contributed by atoms with Crippen LogP contribution in [-0.2, 0) is 17.8 Å². The number of aromatic nitrogens is 1. The van der Waals surface area contributed by atoms with Crippen LogP contribution in [-0.4, -0.2) is 34.5 Å². The zero-order valence-electron chi connectivity index (χ0n) is 16.4. The van der Waals surface area contributed by atoms with E-state index in [1.54, 1.807) is 6.07 Å². The molecule has 146 valence electrons. The molecule has 0 spiro atoms. The van der Waals surface area contributed by atoms with Crippen molar-refractivity contribution in [3.8, 4) is 0 Å². The van der Waals surface area contributed by atoms with Gasteiger partial charge >= 0.3 is 0 Å². The smallest absolute Gasteiger partial charge is 0.273 e. The summed E-state index contributed by atoms with van der Waals surface area (Å²) in [5.41, 5.74) is 1.39. The lowest BCUT2D eigenvalue weighted by Gasteiger charge is -2.29. The maximum absolute atomic E-state index is 12.9. The number of rotatable bonds is 10. The van der Waals surface area contributed by atoms with E-state index in [1.165, 1.54) is 0 Å². The van der Waals surface area contributed by atoms with Crippen molar-refractivity contribution in [2.75, 3.05) is 6.54 Å². The van der Waals surface area contributed by atoms with E-state index in [9.17, 15) is 9.59 Å². The molecule has 6 nitrogen and oxygen atoms in total. The molecule has 27 heavy (non-hydrogen) atoms. The molecule has 0 radical (unpaired) electrons. The Balaban J connectivity index is 2.07. The molecule has 0 unspecified atom stereocenters. The van der Waals surface area contributed by atoms with Crippen molar-refractivity contribution < 1.29 is 14.1 Å². The van der Waals surface area contributed by atoms with Crippen LogP contribution in [0.15, 0.2) is 40.9 Å². The highest BCUT2D eigenvalue weighted by atomic mass is 16.5. The second-order valence-corrected chi connectivity index (χ2v) is 6.52. The Morgan fingerprint density at radius 3 is 2.48 bits per heavy atom. The molecule has 2 amide bonds. The van der Waals surface area contributed by atoms with Gasteiger partial charge in [0.05, 0.1) is 6.54 Å². The minimum Gasteiger partial charge on any atom is -0.359 e. The highest BCUT2D eigenvalue weighted by molar-refractivity contribution is 5.92. The molecule has 0 bridgehead atoms. The number of hydrogen-bond acceptors (Lipinski definition) is 4. The number of amides is 2. The number of carbonyl (C=O) groups excluding carboxylic acids is 2. The minimum absolute atomic E-state index is 0.0866. The third-order valence-electron chi connectivity index (χ3n) is 4.63. The molecule has 0 fully saturated rings. The van der Waals surface area contributed by atoms with E-state index in [0.29, 0.717) is 31.7 Å². The Labute approximate surface area is 160 Å². The molecule has 0 saturated heterocycles. The second kappa shape index (κ2) is 10.5. The van der Waals surface area contributed by atoms with Gasteiger partial charge in [0.2, 0.25) is 5.91 Å². The summed E-state index contributed by atoms with van der Waals surface area (Å²) in [6.07, 6.45) is 2.88. The number of carbonyl (C=O) groups is 2. The summed E-state index contributed by atoms with van der Waals surface area (Å²) in [5.74, 6) is 0.344. The van der Waals surface area contributed by atoms with Crippen LogP contribution >= 0.6 is 0 Å². The van der Waals surface area contributed by atoms with E-state index >= 15 is 0 Å². The van der Waals surface area contributed by atoms with Gasteiger partial charge in [0.15, 0.2) is 11.5 Å². The van der Waals surface area contributed by atoms with Gasteiger partial charge in [-0.1, -0.05) is 49.3 Å². The number of aryl methyl sites for hydroxylation is 1. The Morgan fingerprint density at radius 2 is 1.85 bits per heavy atom. The van der Waals surface area contributed by atoms with E-state index in [1.807, 2.05) is 42.2 Å². The van der Waals surface area contributed by atoms with Gasteiger partial charge in [-0.25, -0.2) is 0 Å². The first-order valence-electron chi connectivity index (χ1n) is 9.66. The maximum atomic E-state index is 12.9. The summed E-state index contributed by atoms with van der Waals surface area (Å²) >= 11 is 0. The molecular formula is C21H29N3O3. The van der Waals surface area contributed by atoms with Crippen LogP contribution in [0, 0.1) is 0 Å². The van der Waals surface area contributed by atoms with Crippen LogP contribution in [0.2, 0.25) is 0 Å². The van der Waals surface area contributed by atoms with Gasteiger partial charge in [-0.2, -0.15) is 0 Å². The van der Waals surface area contributed by atoms with Crippen LogP contribution in [0.1, 0.15) is 61.8 Å². The third kappa shape index (κ3) is 5.94. The van der Waals surface area contributed by atoms with Crippen molar-refractivity contribution in [2.24, 2.45) is 0 Å². The fourth-order valence-electron chi connectivity index (χ4n) is 3.10. The number of nitrogens with one attached hydrogen (secondary N) is 1. The second-order valence-electron chi connectivity index (χ2n) is 6.52. The van der Waals surface area contributed by atoms with Crippen LogP contribution in [0.5, 0.6) is 0 Å². The van der Waals surface area contributed by atoms with Gasteiger partial charge in [-0.15, -0.1) is 0 Å². The first-order valence-corrected chi connectivity index (χ1v) is 9.66. The van der Waals surface area contributed by atoms with Crippen molar-refractivity contribution in [3.63, 3.8) is 0 Å². The lowest BCUT2D eigenvalue weighted by molar-refractivity contribution is -0.134. The molecule has 1 heterocycles. The van der Waals surface area contributed by atoms with Gasteiger partial charge in [0.25, 0.3) is 5.91 Å². The van der Waals surface area contributed by atoms with E-state index in [4.69, 9.17) is 4.52 Å². The van der Waals surface area contributed by atoms with Crippen molar-refractivity contribution in [2.45, 2.75) is 59.0 Å². The predicted octanol–water partition coefficient (Wildman–Crippen LogP) is 3.57. The van der Waals surface area contributed by atoms with E-state index in [-0.39, 0.29) is 23.6 Å². The zero-order chi connectivity index (χ0) is 19.6. The molecule has 0 aliphatic rings. The molecule has 2 aromatic rings. The molecule has 1 aromatic heterocycles. The van der Waals surface area contributed by atoms with E-state index in [2.05, 4.69) is 24.3 Å². The Hall–Kier alpha value is -2.63. The summed E-state index contributed by atoms with van der Waals surface area (Å²) in [6.45, 7) is 6.85. The number of benzene rings is 1. The standard InChI is InChI=1S/C21H29N3O3/c1-4-17(5-2)24(20(25)13-12-16-10-8-7-9-11-16)15-18-14-19(23-27-18)21(26)22-6-3/h7-11,14,17H,4-6,12-13,15H2,1-3H3,(H,22,26).